The molecule has 3 rings (SSSR count). The molecule has 0 spiro atoms. The number of nitrogens with one attached hydrogen (secondary N) is 1. The summed E-state index contributed by atoms with van der Waals surface area (Å²) in [5.74, 6) is 0.361. The molecule has 1 aromatic carbocycles. The van der Waals surface area contributed by atoms with Gasteiger partial charge in [-0.1, -0.05) is 42.8 Å². The first-order valence-electron chi connectivity index (χ1n) is 7.71. The average Bonchev–Trinajstić information content (AvgIpc) is 3.01. The summed E-state index contributed by atoms with van der Waals surface area (Å²) in [6, 6.07) is 16.9. The molecule has 1 heterocycles. The third-order valence-corrected chi connectivity index (χ3v) is 4.39. The van der Waals surface area contributed by atoms with E-state index in [0.29, 0.717) is 12.0 Å². The first-order chi connectivity index (χ1) is 10.4. The van der Waals surface area contributed by atoms with Gasteiger partial charge < -0.3 is 10.4 Å². The standard InChI is InChI=1S/C18H22N2O/c21-13-15-9-6-11-16(15)20-18(14-7-2-1-3-8-14)17-10-4-5-12-19-17/h1-5,7-8,10,12,15-16,18,20-21H,6,9,11,13H2/t15-,16-,18+/m1/s1. The van der Waals surface area contributed by atoms with E-state index in [9.17, 15) is 5.11 Å². The Hall–Kier alpha value is -1.71. The van der Waals surface area contributed by atoms with Crippen molar-refractivity contribution in [3.8, 4) is 0 Å². The Bertz CT molecular complexity index is 504. The van der Waals surface area contributed by atoms with E-state index < -0.39 is 0 Å². The van der Waals surface area contributed by atoms with Crippen LogP contribution in [-0.2, 0) is 0 Å². The molecule has 0 unspecified atom stereocenters. The highest BCUT2D eigenvalue weighted by Gasteiger charge is 2.29. The van der Waals surface area contributed by atoms with Crippen LogP contribution in [0.4, 0.5) is 0 Å². The molecular weight excluding hydrogens is 260 g/mol. The maximum absolute atomic E-state index is 9.53. The maximum atomic E-state index is 9.53. The van der Waals surface area contributed by atoms with Crippen molar-refractivity contribution in [1.82, 2.24) is 10.3 Å². The number of hydrogen-bond donors (Lipinski definition) is 2. The number of pyridine rings is 1. The van der Waals surface area contributed by atoms with Gasteiger partial charge in [0.2, 0.25) is 0 Å². The summed E-state index contributed by atoms with van der Waals surface area (Å²) < 4.78 is 0. The van der Waals surface area contributed by atoms with Gasteiger partial charge in [0, 0.05) is 18.8 Å². The molecular formula is C18H22N2O. The second kappa shape index (κ2) is 6.83. The second-order valence-corrected chi connectivity index (χ2v) is 5.75. The Morgan fingerprint density at radius 1 is 1.10 bits per heavy atom. The molecule has 21 heavy (non-hydrogen) atoms. The summed E-state index contributed by atoms with van der Waals surface area (Å²) in [7, 11) is 0. The van der Waals surface area contributed by atoms with Crippen molar-refractivity contribution in [2.45, 2.75) is 31.3 Å². The molecule has 0 aliphatic heterocycles. The summed E-state index contributed by atoms with van der Waals surface area (Å²) in [5, 5.41) is 13.3. The summed E-state index contributed by atoms with van der Waals surface area (Å²) in [6.45, 7) is 0.265. The summed E-state index contributed by atoms with van der Waals surface area (Å²) in [6.07, 6.45) is 5.26. The average molecular weight is 282 g/mol. The van der Waals surface area contributed by atoms with Gasteiger partial charge in [-0.25, -0.2) is 0 Å². The number of hydrogen-bond acceptors (Lipinski definition) is 3. The van der Waals surface area contributed by atoms with Gasteiger partial charge in [-0.2, -0.15) is 0 Å². The van der Waals surface area contributed by atoms with Crippen LogP contribution in [0.15, 0.2) is 54.7 Å². The molecule has 0 bridgehead atoms. The lowest BCUT2D eigenvalue weighted by atomic mass is 9.98. The quantitative estimate of drug-likeness (QED) is 0.886. The van der Waals surface area contributed by atoms with Crippen LogP contribution in [0.5, 0.6) is 0 Å². The third-order valence-electron chi connectivity index (χ3n) is 4.39. The van der Waals surface area contributed by atoms with Crippen molar-refractivity contribution >= 4 is 0 Å². The van der Waals surface area contributed by atoms with E-state index in [1.54, 1.807) is 0 Å². The second-order valence-electron chi connectivity index (χ2n) is 5.75. The Morgan fingerprint density at radius 3 is 2.62 bits per heavy atom. The van der Waals surface area contributed by atoms with Crippen LogP contribution >= 0.6 is 0 Å². The molecule has 1 aliphatic rings. The van der Waals surface area contributed by atoms with Crippen molar-refractivity contribution < 1.29 is 5.11 Å². The highest BCUT2D eigenvalue weighted by Crippen LogP contribution is 2.29. The number of aliphatic hydroxyl groups excluding tert-OH is 1. The molecule has 0 amide bonds. The molecule has 2 aromatic rings. The predicted molar refractivity (Wildman–Crippen MR) is 83.9 cm³/mol. The lowest BCUT2D eigenvalue weighted by Crippen LogP contribution is -2.37. The zero-order valence-corrected chi connectivity index (χ0v) is 12.2. The minimum atomic E-state index is 0.0875. The number of nitrogens with zero attached hydrogens (tertiary/aromatic N) is 1. The molecule has 2 N–H and O–H groups in total. The molecule has 1 saturated carbocycles. The van der Waals surface area contributed by atoms with Crippen LogP contribution in [0.2, 0.25) is 0 Å². The van der Waals surface area contributed by atoms with Gasteiger partial charge in [0.1, 0.15) is 0 Å². The third kappa shape index (κ3) is 3.31. The van der Waals surface area contributed by atoms with Gasteiger partial charge in [0.15, 0.2) is 0 Å². The highest BCUT2D eigenvalue weighted by atomic mass is 16.3. The summed E-state index contributed by atoms with van der Waals surface area (Å²) >= 11 is 0. The van der Waals surface area contributed by atoms with E-state index in [1.165, 1.54) is 12.0 Å². The van der Waals surface area contributed by atoms with Gasteiger partial charge in [0.25, 0.3) is 0 Å². The van der Waals surface area contributed by atoms with Gasteiger partial charge in [-0.05, 0) is 36.5 Å². The number of benzene rings is 1. The molecule has 1 aliphatic carbocycles. The normalized spacial score (nSPS) is 23.1. The smallest absolute Gasteiger partial charge is 0.0753 e. The maximum Gasteiger partial charge on any atom is 0.0753 e. The molecule has 3 heteroatoms. The van der Waals surface area contributed by atoms with Crippen molar-refractivity contribution in [3.63, 3.8) is 0 Å². The van der Waals surface area contributed by atoms with Gasteiger partial charge >= 0.3 is 0 Å². The van der Waals surface area contributed by atoms with Crippen LogP contribution in [0, 0.1) is 5.92 Å². The van der Waals surface area contributed by atoms with Crippen molar-refractivity contribution in [2.24, 2.45) is 5.92 Å². The number of rotatable bonds is 5. The van der Waals surface area contributed by atoms with Crippen LogP contribution < -0.4 is 5.32 Å². The zero-order chi connectivity index (χ0) is 14.5. The zero-order valence-electron chi connectivity index (χ0n) is 12.2. The monoisotopic (exact) mass is 282 g/mol. The van der Waals surface area contributed by atoms with Gasteiger partial charge in [-0.3, -0.25) is 4.98 Å². The lowest BCUT2D eigenvalue weighted by Gasteiger charge is -2.26. The molecule has 3 nitrogen and oxygen atoms in total. The summed E-state index contributed by atoms with van der Waals surface area (Å²) in [4.78, 5) is 4.52. The molecule has 110 valence electrons. The molecule has 0 radical (unpaired) electrons. The minimum absolute atomic E-state index is 0.0875. The molecule has 1 fully saturated rings. The Balaban J connectivity index is 1.86. The van der Waals surface area contributed by atoms with Crippen molar-refractivity contribution in [3.05, 3.63) is 66.0 Å². The van der Waals surface area contributed by atoms with Crippen molar-refractivity contribution in [1.29, 1.82) is 0 Å². The highest BCUT2D eigenvalue weighted by molar-refractivity contribution is 5.27. The Morgan fingerprint density at radius 2 is 1.90 bits per heavy atom. The predicted octanol–water partition coefficient (Wildman–Crippen LogP) is 2.92. The molecule has 3 atom stereocenters. The Labute approximate surface area is 126 Å². The van der Waals surface area contributed by atoms with E-state index in [-0.39, 0.29) is 12.6 Å². The lowest BCUT2D eigenvalue weighted by molar-refractivity contribution is 0.201. The van der Waals surface area contributed by atoms with Crippen LogP contribution in [-0.4, -0.2) is 22.7 Å². The first kappa shape index (κ1) is 14.2. The van der Waals surface area contributed by atoms with E-state index in [1.807, 2.05) is 24.4 Å². The molecule has 1 aromatic heterocycles. The molecule has 0 saturated heterocycles. The topological polar surface area (TPSA) is 45.1 Å². The number of aliphatic hydroxyl groups is 1. The van der Waals surface area contributed by atoms with Gasteiger partial charge in [0.05, 0.1) is 11.7 Å². The fourth-order valence-electron chi connectivity index (χ4n) is 3.23. The van der Waals surface area contributed by atoms with Crippen LogP contribution in [0.1, 0.15) is 36.6 Å². The van der Waals surface area contributed by atoms with E-state index in [2.05, 4.69) is 40.6 Å². The van der Waals surface area contributed by atoms with E-state index in [0.717, 1.165) is 18.5 Å². The minimum Gasteiger partial charge on any atom is -0.396 e. The largest absolute Gasteiger partial charge is 0.396 e. The van der Waals surface area contributed by atoms with E-state index in [4.69, 9.17) is 0 Å². The SMILES string of the molecule is OC[C@H]1CCC[C@H]1N[C@@H](c1ccccc1)c1ccccn1. The van der Waals surface area contributed by atoms with E-state index >= 15 is 0 Å². The Kier molecular flexibility index (Phi) is 4.63. The van der Waals surface area contributed by atoms with Crippen LogP contribution in [0.25, 0.3) is 0 Å². The van der Waals surface area contributed by atoms with Crippen molar-refractivity contribution in [2.75, 3.05) is 6.61 Å². The fraction of sp³-hybridized carbons (Fsp3) is 0.389. The summed E-state index contributed by atoms with van der Waals surface area (Å²) in [5.41, 5.74) is 2.26. The fourth-order valence-corrected chi connectivity index (χ4v) is 3.23. The van der Waals surface area contributed by atoms with Crippen LogP contribution in [0.3, 0.4) is 0 Å². The first-order valence-corrected chi connectivity index (χ1v) is 7.71. The number of aromatic nitrogens is 1. The van der Waals surface area contributed by atoms with Gasteiger partial charge in [-0.15, -0.1) is 0 Å².